The predicted molar refractivity (Wildman–Crippen MR) is 66.6 cm³/mol. The first kappa shape index (κ1) is 11.5. The van der Waals surface area contributed by atoms with Crippen molar-refractivity contribution < 1.29 is 9.53 Å². The maximum atomic E-state index is 12.4. The minimum atomic E-state index is 0.0308. The summed E-state index contributed by atoms with van der Waals surface area (Å²) in [7, 11) is 3.70. The number of ether oxygens (including phenoxy) is 1. The molecule has 0 saturated carbocycles. The molecule has 0 radical (unpaired) electrons. The van der Waals surface area contributed by atoms with Crippen LogP contribution in [0.5, 0.6) is 5.75 Å². The molecule has 3 heterocycles. The van der Waals surface area contributed by atoms with Crippen LogP contribution in [0.2, 0.25) is 0 Å². The summed E-state index contributed by atoms with van der Waals surface area (Å²) >= 11 is 0. The minimum Gasteiger partial charge on any atom is -0.497 e. The van der Waals surface area contributed by atoms with Crippen molar-refractivity contribution in [3.05, 3.63) is 24.0 Å². The monoisotopic (exact) mass is 247 g/mol. The second-order valence-corrected chi connectivity index (χ2v) is 5.06. The maximum absolute atomic E-state index is 12.4. The molecule has 0 aliphatic carbocycles. The summed E-state index contributed by atoms with van der Waals surface area (Å²) in [5.41, 5.74) is 0.480. The Labute approximate surface area is 106 Å². The van der Waals surface area contributed by atoms with E-state index in [-0.39, 0.29) is 5.91 Å². The normalized spacial score (nSPS) is 26.7. The van der Waals surface area contributed by atoms with Crippen LogP contribution in [0.3, 0.4) is 0 Å². The van der Waals surface area contributed by atoms with E-state index in [1.54, 1.807) is 25.4 Å². The third-order valence-electron chi connectivity index (χ3n) is 3.80. The molecule has 2 fully saturated rings. The fourth-order valence-electron chi connectivity index (χ4n) is 2.94. The summed E-state index contributed by atoms with van der Waals surface area (Å²) < 4.78 is 5.13. The lowest BCUT2D eigenvalue weighted by molar-refractivity contribution is -0.0400. The molecule has 0 aromatic carbocycles. The minimum absolute atomic E-state index is 0.0308. The summed E-state index contributed by atoms with van der Waals surface area (Å²) in [6.07, 6.45) is 2.74. The number of carbonyl (C=O) groups is 1. The van der Waals surface area contributed by atoms with Crippen LogP contribution in [0.4, 0.5) is 0 Å². The molecule has 2 unspecified atom stereocenters. The number of piperidine rings is 1. The van der Waals surface area contributed by atoms with Gasteiger partial charge < -0.3 is 14.5 Å². The number of hydrogen-bond acceptors (Lipinski definition) is 4. The summed E-state index contributed by atoms with van der Waals surface area (Å²) in [5.74, 6) is 0.708. The Hall–Kier alpha value is -1.62. The summed E-state index contributed by atoms with van der Waals surface area (Å²) in [6, 6.07) is 4.17. The van der Waals surface area contributed by atoms with Crippen molar-refractivity contribution in [1.82, 2.24) is 14.8 Å². The van der Waals surface area contributed by atoms with E-state index in [4.69, 9.17) is 4.74 Å². The lowest BCUT2D eigenvalue weighted by Crippen LogP contribution is -2.69. The Morgan fingerprint density at radius 2 is 2.17 bits per heavy atom. The van der Waals surface area contributed by atoms with Crippen LogP contribution >= 0.6 is 0 Å². The van der Waals surface area contributed by atoms with Crippen molar-refractivity contribution >= 4 is 5.91 Å². The molecule has 2 aliphatic heterocycles. The molecular formula is C13H17N3O2. The van der Waals surface area contributed by atoms with Crippen LogP contribution in [-0.2, 0) is 0 Å². The standard InChI is InChI=1S/C13H17N3O2/c1-15-7-9-5-10(8-15)16(9)13(17)12-6-11(18-2)3-4-14-12/h3-4,6,9-10H,5,7-8H2,1-2H3. The van der Waals surface area contributed by atoms with Crippen LogP contribution in [-0.4, -0.2) is 60.0 Å². The highest BCUT2D eigenvalue weighted by molar-refractivity contribution is 5.93. The molecule has 5 nitrogen and oxygen atoms in total. The Morgan fingerprint density at radius 1 is 1.44 bits per heavy atom. The fourth-order valence-corrected chi connectivity index (χ4v) is 2.94. The molecule has 3 rings (SSSR count). The largest absolute Gasteiger partial charge is 0.497 e. The number of likely N-dealkylation sites (N-methyl/N-ethyl adjacent to an activating group) is 1. The molecule has 5 heteroatoms. The van der Waals surface area contributed by atoms with Crippen molar-refractivity contribution in [2.24, 2.45) is 0 Å². The van der Waals surface area contributed by atoms with Gasteiger partial charge in [-0.25, -0.2) is 0 Å². The van der Waals surface area contributed by atoms with Crippen molar-refractivity contribution in [2.45, 2.75) is 18.5 Å². The Bertz CT molecular complexity index is 465. The van der Waals surface area contributed by atoms with E-state index in [1.807, 2.05) is 4.90 Å². The average Bonchev–Trinajstić information content (AvgIpc) is 2.38. The number of piperazine rings is 1. The van der Waals surface area contributed by atoms with Crippen LogP contribution in [0.1, 0.15) is 16.9 Å². The predicted octanol–water partition coefficient (Wildman–Crippen LogP) is 0.619. The average molecular weight is 247 g/mol. The molecule has 0 N–H and O–H groups in total. The number of amides is 1. The van der Waals surface area contributed by atoms with Crippen LogP contribution in [0, 0.1) is 0 Å². The first-order chi connectivity index (χ1) is 8.69. The third kappa shape index (κ3) is 1.75. The number of methoxy groups -OCH3 is 1. The molecule has 1 aromatic heterocycles. The number of fused-ring (bicyclic) bond motifs is 2. The van der Waals surface area contributed by atoms with Crippen molar-refractivity contribution in [2.75, 3.05) is 27.2 Å². The first-order valence-electron chi connectivity index (χ1n) is 6.20. The number of hydrogen-bond donors (Lipinski definition) is 0. The van der Waals surface area contributed by atoms with Gasteiger partial charge in [0.15, 0.2) is 0 Å². The molecule has 1 amide bonds. The van der Waals surface area contributed by atoms with Gasteiger partial charge in [-0.3, -0.25) is 9.78 Å². The highest BCUT2D eigenvalue weighted by Crippen LogP contribution is 2.32. The van der Waals surface area contributed by atoms with Crippen molar-refractivity contribution in [1.29, 1.82) is 0 Å². The van der Waals surface area contributed by atoms with Gasteiger partial charge in [0.05, 0.1) is 7.11 Å². The third-order valence-corrected chi connectivity index (χ3v) is 3.80. The highest BCUT2D eigenvalue weighted by Gasteiger charge is 2.46. The molecule has 1 aromatic rings. The van der Waals surface area contributed by atoms with Gasteiger partial charge in [-0.05, 0) is 19.5 Å². The molecular weight excluding hydrogens is 230 g/mol. The number of carbonyl (C=O) groups excluding carboxylic acids is 1. The Morgan fingerprint density at radius 3 is 2.83 bits per heavy atom. The van der Waals surface area contributed by atoms with Gasteiger partial charge in [0.2, 0.25) is 0 Å². The molecule has 18 heavy (non-hydrogen) atoms. The quantitative estimate of drug-likeness (QED) is 0.768. The van der Waals surface area contributed by atoms with E-state index in [9.17, 15) is 4.79 Å². The molecule has 96 valence electrons. The van der Waals surface area contributed by atoms with Gasteiger partial charge in [0.1, 0.15) is 11.4 Å². The van der Waals surface area contributed by atoms with E-state index in [0.717, 1.165) is 19.5 Å². The molecule has 2 aliphatic rings. The van der Waals surface area contributed by atoms with E-state index < -0.39 is 0 Å². The van der Waals surface area contributed by atoms with Crippen LogP contribution in [0.25, 0.3) is 0 Å². The first-order valence-corrected chi connectivity index (χ1v) is 6.20. The Kier molecular flexibility index (Phi) is 2.70. The van der Waals surface area contributed by atoms with Crippen molar-refractivity contribution in [3.8, 4) is 5.75 Å². The lowest BCUT2D eigenvalue weighted by atomic mass is 9.87. The highest BCUT2D eigenvalue weighted by atomic mass is 16.5. The topological polar surface area (TPSA) is 45.7 Å². The molecule has 2 saturated heterocycles. The van der Waals surface area contributed by atoms with E-state index in [0.29, 0.717) is 23.5 Å². The SMILES string of the molecule is COc1ccnc(C(=O)N2C3CC2CN(C)C3)c1. The number of rotatable bonds is 2. The summed E-state index contributed by atoms with van der Waals surface area (Å²) in [5, 5.41) is 0. The van der Waals surface area contributed by atoms with E-state index in [2.05, 4.69) is 16.9 Å². The zero-order valence-corrected chi connectivity index (χ0v) is 10.7. The molecule has 0 spiro atoms. The number of likely N-dealkylation sites (tertiary alicyclic amines) is 2. The van der Waals surface area contributed by atoms with Gasteiger partial charge in [-0.15, -0.1) is 0 Å². The zero-order chi connectivity index (χ0) is 12.7. The second-order valence-electron chi connectivity index (χ2n) is 5.06. The fraction of sp³-hybridized carbons (Fsp3) is 0.538. The smallest absolute Gasteiger partial charge is 0.273 e. The maximum Gasteiger partial charge on any atom is 0.273 e. The lowest BCUT2D eigenvalue weighted by Gasteiger charge is -2.55. The van der Waals surface area contributed by atoms with Gasteiger partial charge in [-0.1, -0.05) is 0 Å². The van der Waals surface area contributed by atoms with Crippen LogP contribution in [0.15, 0.2) is 18.3 Å². The Balaban J connectivity index is 1.79. The summed E-state index contributed by atoms with van der Waals surface area (Å²) in [6.45, 7) is 1.93. The van der Waals surface area contributed by atoms with E-state index >= 15 is 0 Å². The van der Waals surface area contributed by atoms with Gasteiger partial charge in [0.25, 0.3) is 5.91 Å². The zero-order valence-electron chi connectivity index (χ0n) is 10.7. The van der Waals surface area contributed by atoms with Gasteiger partial charge in [-0.2, -0.15) is 0 Å². The number of aromatic nitrogens is 1. The molecule has 2 bridgehead atoms. The van der Waals surface area contributed by atoms with E-state index in [1.165, 1.54) is 0 Å². The second kappa shape index (κ2) is 4.24. The molecule has 2 atom stereocenters. The van der Waals surface area contributed by atoms with Crippen LogP contribution < -0.4 is 4.74 Å². The van der Waals surface area contributed by atoms with Crippen molar-refractivity contribution in [3.63, 3.8) is 0 Å². The number of nitrogens with zero attached hydrogens (tertiary/aromatic N) is 3. The number of pyridine rings is 1. The van der Waals surface area contributed by atoms with Gasteiger partial charge in [0, 0.05) is 37.4 Å². The summed E-state index contributed by atoms with van der Waals surface area (Å²) in [4.78, 5) is 20.8. The van der Waals surface area contributed by atoms with Gasteiger partial charge >= 0.3 is 0 Å².